The Bertz CT molecular complexity index is 156. The molecule has 5 heteroatoms. The summed E-state index contributed by atoms with van der Waals surface area (Å²) in [5.41, 5.74) is 0. The molecule has 0 saturated carbocycles. The smallest absolute Gasteiger partial charge is 0.342 e. The highest BCUT2D eigenvalue weighted by Gasteiger charge is 1.97. The first-order chi connectivity index (χ1) is 6.08. The quantitative estimate of drug-likeness (QED) is 0.409. The first-order valence-corrected chi connectivity index (χ1v) is 3.67. The normalized spacial score (nSPS) is 7.85. The molecule has 0 heterocycles. The van der Waals surface area contributed by atoms with Crippen LogP contribution in [0.1, 0.15) is 19.8 Å². The van der Waals surface area contributed by atoms with Crippen LogP contribution in [0.2, 0.25) is 0 Å². The summed E-state index contributed by atoms with van der Waals surface area (Å²) in [6.45, 7) is 4.86. The van der Waals surface area contributed by atoms with E-state index in [1.807, 2.05) is 6.92 Å². The van der Waals surface area contributed by atoms with E-state index in [0.29, 0.717) is 6.42 Å². The van der Waals surface area contributed by atoms with Gasteiger partial charge in [-0.3, -0.25) is 4.89 Å². The maximum Gasteiger partial charge on any atom is 0.342 e. The van der Waals surface area contributed by atoms with Crippen molar-refractivity contribution in [1.29, 1.82) is 0 Å². The molecule has 0 aliphatic heterocycles. The Kier molecular flexibility index (Phi) is 11.6. The van der Waals surface area contributed by atoms with Crippen molar-refractivity contribution < 1.29 is 24.5 Å². The fraction of sp³-hybridized carbons (Fsp3) is 0.500. The van der Waals surface area contributed by atoms with Crippen molar-refractivity contribution in [2.45, 2.75) is 19.8 Å². The van der Waals surface area contributed by atoms with E-state index in [9.17, 15) is 9.59 Å². The largest absolute Gasteiger partial charge is 0.478 e. The molecule has 0 unspecified atom stereocenters. The minimum absolute atomic E-state index is 0.310. The Hall–Kier alpha value is -1.36. The monoisotopic (exact) mass is 190 g/mol. The Balaban J connectivity index is 0. The maximum absolute atomic E-state index is 10.3. The zero-order valence-corrected chi connectivity index (χ0v) is 7.78. The molecule has 5 nitrogen and oxygen atoms in total. The number of hydrogen-bond acceptors (Lipinski definition) is 4. The van der Waals surface area contributed by atoms with Crippen LogP contribution in [-0.2, 0) is 19.4 Å². The molecular weight excluding hydrogens is 176 g/mol. The van der Waals surface area contributed by atoms with Gasteiger partial charge in [0.05, 0.1) is 7.11 Å². The molecule has 0 aromatic heterocycles. The number of carboxylic acids is 1. The van der Waals surface area contributed by atoms with Gasteiger partial charge < -0.3 is 5.11 Å². The lowest BCUT2D eigenvalue weighted by atomic mass is 10.3. The third-order valence-electron chi connectivity index (χ3n) is 0.805. The average molecular weight is 190 g/mol. The highest BCUT2D eigenvalue weighted by Crippen LogP contribution is 1.89. The van der Waals surface area contributed by atoms with Crippen molar-refractivity contribution in [3.63, 3.8) is 0 Å². The predicted octanol–water partition coefficient (Wildman–Crippen LogP) is 1.15. The van der Waals surface area contributed by atoms with E-state index >= 15 is 0 Å². The van der Waals surface area contributed by atoms with Crippen LogP contribution in [-0.4, -0.2) is 24.2 Å². The van der Waals surface area contributed by atoms with Gasteiger partial charge in [-0.1, -0.05) is 13.5 Å². The number of rotatable bonds is 4. The summed E-state index contributed by atoms with van der Waals surface area (Å²) in [7, 11) is 1.31. The van der Waals surface area contributed by atoms with Gasteiger partial charge in [0.15, 0.2) is 0 Å². The molecule has 13 heavy (non-hydrogen) atoms. The van der Waals surface area contributed by atoms with E-state index in [2.05, 4.69) is 16.4 Å². The zero-order chi connectivity index (χ0) is 10.7. The Labute approximate surface area is 76.9 Å². The predicted molar refractivity (Wildman–Crippen MR) is 45.8 cm³/mol. The highest BCUT2D eigenvalue weighted by molar-refractivity contribution is 5.78. The van der Waals surface area contributed by atoms with Gasteiger partial charge in [0, 0.05) is 12.5 Å². The summed E-state index contributed by atoms with van der Waals surface area (Å²) in [4.78, 5) is 27.8. The van der Waals surface area contributed by atoms with E-state index in [1.54, 1.807) is 0 Å². The summed E-state index contributed by atoms with van der Waals surface area (Å²) < 4.78 is 0. The Morgan fingerprint density at radius 1 is 1.54 bits per heavy atom. The van der Waals surface area contributed by atoms with Gasteiger partial charge >= 0.3 is 11.9 Å². The van der Waals surface area contributed by atoms with Crippen LogP contribution < -0.4 is 0 Å². The van der Waals surface area contributed by atoms with Crippen molar-refractivity contribution in [2.75, 3.05) is 7.11 Å². The van der Waals surface area contributed by atoms with E-state index in [0.717, 1.165) is 12.5 Å². The molecule has 0 aliphatic rings. The van der Waals surface area contributed by atoms with Gasteiger partial charge in [-0.05, 0) is 6.42 Å². The van der Waals surface area contributed by atoms with Gasteiger partial charge in [0.25, 0.3) is 0 Å². The molecular formula is C8H14O5. The SMILES string of the molecule is C=CC(=O)O.CCCC(=O)OOC. The van der Waals surface area contributed by atoms with Crippen LogP contribution in [0.5, 0.6) is 0 Å². The van der Waals surface area contributed by atoms with Crippen molar-refractivity contribution >= 4 is 11.9 Å². The van der Waals surface area contributed by atoms with Crippen molar-refractivity contribution in [3.8, 4) is 0 Å². The van der Waals surface area contributed by atoms with Crippen molar-refractivity contribution in [3.05, 3.63) is 12.7 Å². The molecule has 0 amide bonds. The van der Waals surface area contributed by atoms with Crippen LogP contribution in [0.3, 0.4) is 0 Å². The maximum atomic E-state index is 10.3. The van der Waals surface area contributed by atoms with Gasteiger partial charge in [0.2, 0.25) is 0 Å². The van der Waals surface area contributed by atoms with E-state index in [1.165, 1.54) is 7.11 Å². The van der Waals surface area contributed by atoms with Crippen LogP contribution >= 0.6 is 0 Å². The van der Waals surface area contributed by atoms with Gasteiger partial charge in [0.1, 0.15) is 0 Å². The fourth-order valence-corrected chi connectivity index (χ4v) is 0.339. The number of carbonyl (C=O) groups is 2. The lowest BCUT2D eigenvalue weighted by Crippen LogP contribution is -2.01. The average Bonchev–Trinajstić information content (AvgIpc) is 2.06. The van der Waals surface area contributed by atoms with Crippen molar-refractivity contribution in [2.24, 2.45) is 0 Å². The molecule has 0 radical (unpaired) electrons. The third kappa shape index (κ3) is 18.0. The lowest BCUT2D eigenvalue weighted by molar-refractivity contribution is -0.254. The lowest BCUT2D eigenvalue weighted by Gasteiger charge is -1.94. The second kappa shape index (κ2) is 10.6. The zero-order valence-electron chi connectivity index (χ0n) is 7.78. The molecule has 0 aromatic carbocycles. The second-order valence-corrected chi connectivity index (χ2v) is 1.91. The fourth-order valence-electron chi connectivity index (χ4n) is 0.339. The molecule has 76 valence electrons. The van der Waals surface area contributed by atoms with E-state index in [-0.39, 0.29) is 5.97 Å². The van der Waals surface area contributed by atoms with Crippen LogP contribution in [0.15, 0.2) is 12.7 Å². The molecule has 0 atom stereocenters. The first-order valence-electron chi connectivity index (χ1n) is 3.67. The Morgan fingerprint density at radius 3 is 2.23 bits per heavy atom. The van der Waals surface area contributed by atoms with Crippen LogP contribution in [0.25, 0.3) is 0 Å². The van der Waals surface area contributed by atoms with Gasteiger partial charge in [-0.25, -0.2) is 9.59 Å². The molecule has 0 saturated heterocycles. The molecule has 0 rings (SSSR count). The van der Waals surface area contributed by atoms with Gasteiger partial charge in [-0.2, -0.15) is 4.89 Å². The molecule has 0 aliphatic carbocycles. The minimum atomic E-state index is -0.981. The van der Waals surface area contributed by atoms with Crippen LogP contribution in [0.4, 0.5) is 0 Å². The van der Waals surface area contributed by atoms with E-state index < -0.39 is 5.97 Å². The molecule has 0 aromatic rings. The van der Waals surface area contributed by atoms with E-state index in [4.69, 9.17) is 5.11 Å². The second-order valence-electron chi connectivity index (χ2n) is 1.91. The standard InChI is InChI=1S/C5H10O3.C3H4O2/c1-3-4-5(6)8-7-2;1-2-3(4)5/h3-4H2,1-2H3;2H,1H2,(H,4,5). The third-order valence-corrected chi connectivity index (χ3v) is 0.805. The van der Waals surface area contributed by atoms with Gasteiger partial charge in [-0.15, -0.1) is 0 Å². The van der Waals surface area contributed by atoms with Crippen molar-refractivity contribution in [1.82, 2.24) is 0 Å². The molecule has 0 spiro atoms. The summed E-state index contributed by atoms with van der Waals surface area (Å²) >= 11 is 0. The van der Waals surface area contributed by atoms with Crippen LogP contribution in [0, 0.1) is 0 Å². The Morgan fingerprint density at radius 2 is 2.00 bits per heavy atom. The minimum Gasteiger partial charge on any atom is -0.478 e. The summed E-state index contributed by atoms with van der Waals surface area (Å²) in [5.74, 6) is -1.29. The summed E-state index contributed by atoms with van der Waals surface area (Å²) in [6.07, 6.45) is 2.05. The summed E-state index contributed by atoms with van der Waals surface area (Å²) in [5, 5.41) is 7.60. The molecule has 0 bridgehead atoms. The number of aliphatic carboxylic acids is 1. The highest BCUT2D eigenvalue weighted by atomic mass is 17.2. The number of carbonyl (C=O) groups excluding carboxylic acids is 1. The first kappa shape index (κ1) is 14.2. The topological polar surface area (TPSA) is 72.8 Å². The molecule has 0 fully saturated rings. The summed E-state index contributed by atoms with van der Waals surface area (Å²) in [6, 6.07) is 0. The molecule has 1 N–H and O–H groups in total. The number of hydrogen-bond donors (Lipinski definition) is 1. The number of carboxylic acid groups (broad SMARTS) is 1.